The summed E-state index contributed by atoms with van der Waals surface area (Å²) in [6, 6.07) is 14.9. The molecule has 2 amide bonds. The molecule has 2 heterocycles. The number of para-hydroxylation sites is 1. The molecule has 0 aliphatic rings. The van der Waals surface area contributed by atoms with Crippen molar-refractivity contribution >= 4 is 34.8 Å². The molecule has 0 bridgehead atoms. The zero-order chi connectivity index (χ0) is 21.8. The minimum absolute atomic E-state index is 0.261. The van der Waals surface area contributed by atoms with Gasteiger partial charge in [0.25, 0.3) is 0 Å². The standard InChI is InChI=1S/C22H16ClN3O5/c1-13-11-15(29-18-9-10-24-20-19(18)16(23)12-25-20)7-8-17(13)31-22(28)26-21(27)30-14-5-3-2-4-6-14/h2-12H,1H3,(H,24,25)(H,26,27,28). The molecule has 31 heavy (non-hydrogen) atoms. The van der Waals surface area contributed by atoms with Crippen molar-refractivity contribution in [3.05, 3.63) is 77.6 Å². The van der Waals surface area contributed by atoms with Crippen LogP contribution in [0.1, 0.15) is 5.56 Å². The highest BCUT2D eigenvalue weighted by Crippen LogP contribution is 2.34. The van der Waals surface area contributed by atoms with Gasteiger partial charge in [-0.2, -0.15) is 0 Å². The molecule has 2 aromatic carbocycles. The van der Waals surface area contributed by atoms with Gasteiger partial charge in [0.05, 0.1) is 10.4 Å². The van der Waals surface area contributed by atoms with Crippen molar-refractivity contribution in [3.8, 4) is 23.0 Å². The van der Waals surface area contributed by atoms with Gasteiger partial charge in [0.15, 0.2) is 0 Å². The van der Waals surface area contributed by atoms with Gasteiger partial charge in [0, 0.05) is 12.4 Å². The average Bonchev–Trinajstić information content (AvgIpc) is 3.12. The van der Waals surface area contributed by atoms with Gasteiger partial charge in [-0.15, -0.1) is 0 Å². The second-order valence-electron chi connectivity index (χ2n) is 6.42. The molecule has 0 atom stereocenters. The van der Waals surface area contributed by atoms with Crippen LogP contribution in [0.3, 0.4) is 0 Å². The number of aromatic nitrogens is 2. The summed E-state index contributed by atoms with van der Waals surface area (Å²) in [6.45, 7) is 1.74. The van der Waals surface area contributed by atoms with Gasteiger partial charge in [0.2, 0.25) is 0 Å². The molecular formula is C22H16ClN3O5. The first-order chi connectivity index (χ1) is 15.0. The second kappa shape index (κ2) is 8.76. The summed E-state index contributed by atoms with van der Waals surface area (Å²) in [6.07, 6.45) is 1.33. The Labute approximate surface area is 181 Å². The highest BCUT2D eigenvalue weighted by atomic mass is 35.5. The van der Waals surface area contributed by atoms with Gasteiger partial charge in [-0.25, -0.2) is 19.9 Å². The van der Waals surface area contributed by atoms with E-state index in [4.69, 9.17) is 25.8 Å². The van der Waals surface area contributed by atoms with E-state index in [0.717, 1.165) is 0 Å². The number of ether oxygens (including phenoxy) is 3. The molecule has 8 nitrogen and oxygen atoms in total. The van der Waals surface area contributed by atoms with E-state index in [1.54, 1.807) is 73.9 Å². The van der Waals surface area contributed by atoms with Crippen LogP contribution in [0, 0.1) is 6.92 Å². The van der Waals surface area contributed by atoms with E-state index in [1.807, 2.05) is 5.32 Å². The molecule has 9 heteroatoms. The summed E-state index contributed by atoms with van der Waals surface area (Å²) in [5, 5.41) is 3.16. The molecule has 0 saturated carbocycles. The van der Waals surface area contributed by atoms with Crippen LogP contribution in [-0.4, -0.2) is 22.2 Å². The molecule has 2 aromatic heterocycles. The van der Waals surface area contributed by atoms with Gasteiger partial charge < -0.3 is 19.2 Å². The van der Waals surface area contributed by atoms with Crippen LogP contribution in [0.15, 0.2) is 67.0 Å². The number of amides is 2. The molecule has 4 rings (SSSR count). The maximum absolute atomic E-state index is 12.0. The fourth-order valence-corrected chi connectivity index (χ4v) is 3.07. The highest BCUT2D eigenvalue weighted by Gasteiger charge is 2.15. The van der Waals surface area contributed by atoms with E-state index in [9.17, 15) is 9.59 Å². The zero-order valence-corrected chi connectivity index (χ0v) is 17.0. The number of imide groups is 1. The number of halogens is 1. The molecule has 0 saturated heterocycles. The molecule has 0 fully saturated rings. The number of carbonyl (C=O) groups is 2. The molecule has 4 aromatic rings. The van der Waals surface area contributed by atoms with Crippen LogP contribution >= 0.6 is 11.6 Å². The molecule has 0 aliphatic heterocycles. The first-order valence-corrected chi connectivity index (χ1v) is 9.53. The normalized spacial score (nSPS) is 10.5. The number of H-pyrrole nitrogens is 1. The fraction of sp³-hybridized carbons (Fsp3) is 0.0455. The van der Waals surface area contributed by atoms with Crippen molar-refractivity contribution in [2.75, 3.05) is 0 Å². The number of aryl methyl sites for hydroxylation is 1. The van der Waals surface area contributed by atoms with Crippen molar-refractivity contribution in [2.45, 2.75) is 6.92 Å². The minimum Gasteiger partial charge on any atom is -0.456 e. The Kier molecular flexibility index (Phi) is 5.72. The van der Waals surface area contributed by atoms with Crippen molar-refractivity contribution in [1.82, 2.24) is 15.3 Å². The summed E-state index contributed by atoms with van der Waals surface area (Å²) in [4.78, 5) is 31.0. The van der Waals surface area contributed by atoms with Crippen LogP contribution in [0.5, 0.6) is 23.0 Å². The first-order valence-electron chi connectivity index (χ1n) is 9.15. The predicted octanol–water partition coefficient (Wildman–Crippen LogP) is 5.60. The van der Waals surface area contributed by atoms with Crippen molar-refractivity contribution in [3.63, 3.8) is 0 Å². The number of fused-ring (bicyclic) bond motifs is 1. The molecule has 0 aliphatic carbocycles. The van der Waals surface area contributed by atoms with E-state index in [-0.39, 0.29) is 5.75 Å². The zero-order valence-electron chi connectivity index (χ0n) is 16.2. The number of nitrogens with one attached hydrogen (secondary N) is 2. The van der Waals surface area contributed by atoms with Gasteiger partial charge in [0.1, 0.15) is 28.6 Å². The molecular weight excluding hydrogens is 422 g/mol. The smallest absolute Gasteiger partial charge is 0.422 e. The van der Waals surface area contributed by atoms with Gasteiger partial charge in [-0.1, -0.05) is 29.8 Å². The van der Waals surface area contributed by atoms with Gasteiger partial charge in [-0.3, -0.25) is 0 Å². The van der Waals surface area contributed by atoms with E-state index in [2.05, 4.69) is 9.97 Å². The number of aromatic amines is 1. The first kappa shape index (κ1) is 20.2. The van der Waals surface area contributed by atoms with Crippen LogP contribution in [0.25, 0.3) is 11.0 Å². The van der Waals surface area contributed by atoms with Crippen molar-refractivity contribution < 1.29 is 23.8 Å². The number of benzene rings is 2. The number of rotatable bonds is 4. The molecule has 0 spiro atoms. The highest BCUT2D eigenvalue weighted by molar-refractivity contribution is 6.36. The maximum Gasteiger partial charge on any atom is 0.422 e. The monoisotopic (exact) mass is 437 g/mol. The van der Waals surface area contributed by atoms with E-state index in [1.165, 1.54) is 0 Å². The van der Waals surface area contributed by atoms with Crippen molar-refractivity contribution in [1.29, 1.82) is 0 Å². The summed E-state index contributed by atoms with van der Waals surface area (Å²) < 4.78 is 16.1. The van der Waals surface area contributed by atoms with Crippen LogP contribution < -0.4 is 19.5 Å². The number of pyridine rings is 1. The predicted molar refractivity (Wildman–Crippen MR) is 114 cm³/mol. The summed E-state index contributed by atoms with van der Waals surface area (Å²) in [7, 11) is 0. The number of hydrogen-bond donors (Lipinski definition) is 2. The largest absolute Gasteiger partial charge is 0.456 e. The third-order valence-electron chi connectivity index (χ3n) is 4.22. The van der Waals surface area contributed by atoms with E-state index >= 15 is 0 Å². The lowest BCUT2D eigenvalue weighted by molar-refractivity contribution is 0.181. The minimum atomic E-state index is -0.965. The lowest BCUT2D eigenvalue weighted by atomic mass is 10.2. The second-order valence-corrected chi connectivity index (χ2v) is 6.82. The maximum atomic E-state index is 12.0. The number of carbonyl (C=O) groups excluding carboxylic acids is 2. The number of hydrogen-bond acceptors (Lipinski definition) is 6. The summed E-state index contributed by atoms with van der Waals surface area (Å²) in [5.41, 5.74) is 1.23. The Morgan fingerprint density at radius 2 is 1.74 bits per heavy atom. The summed E-state index contributed by atoms with van der Waals surface area (Å²) >= 11 is 6.20. The third kappa shape index (κ3) is 4.76. The van der Waals surface area contributed by atoms with Crippen LogP contribution in [0.2, 0.25) is 5.02 Å². The van der Waals surface area contributed by atoms with Crippen LogP contribution in [0.4, 0.5) is 9.59 Å². The average molecular weight is 438 g/mol. The Bertz CT molecular complexity index is 1260. The van der Waals surface area contributed by atoms with E-state index < -0.39 is 12.2 Å². The number of nitrogens with zero attached hydrogens (tertiary/aromatic N) is 1. The fourth-order valence-electron chi connectivity index (χ4n) is 2.83. The topological polar surface area (TPSA) is 103 Å². The van der Waals surface area contributed by atoms with Crippen LogP contribution in [-0.2, 0) is 0 Å². The summed E-state index contributed by atoms with van der Waals surface area (Å²) in [5.74, 6) is 1.61. The lowest BCUT2D eigenvalue weighted by Gasteiger charge is -2.11. The Balaban J connectivity index is 1.41. The molecule has 0 unspecified atom stereocenters. The molecule has 2 N–H and O–H groups in total. The van der Waals surface area contributed by atoms with E-state index in [0.29, 0.717) is 38.9 Å². The third-order valence-corrected chi connectivity index (χ3v) is 4.52. The Morgan fingerprint density at radius 1 is 0.968 bits per heavy atom. The lowest BCUT2D eigenvalue weighted by Crippen LogP contribution is -2.35. The van der Waals surface area contributed by atoms with Gasteiger partial charge >= 0.3 is 12.2 Å². The van der Waals surface area contributed by atoms with Gasteiger partial charge in [-0.05, 0) is 48.9 Å². The molecule has 156 valence electrons. The quantitative estimate of drug-likeness (QED) is 0.430. The SMILES string of the molecule is Cc1cc(Oc2ccnc3[nH]cc(Cl)c23)ccc1OC(=O)NC(=O)Oc1ccccc1. The Morgan fingerprint density at radius 3 is 2.52 bits per heavy atom. The molecule has 0 radical (unpaired) electrons. The Hall–Kier alpha value is -4.04. The van der Waals surface area contributed by atoms with Crippen molar-refractivity contribution in [2.24, 2.45) is 0 Å².